The van der Waals surface area contributed by atoms with Crippen LogP contribution in [0.15, 0.2) is 19.0 Å². The lowest BCUT2D eigenvalue weighted by Crippen LogP contribution is -1.73. The summed E-state index contributed by atoms with van der Waals surface area (Å²) in [6.07, 6.45) is 4.31. The van der Waals surface area contributed by atoms with Crippen molar-refractivity contribution in [2.75, 3.05) is 0 Å². The van der Waals surface area contributed by atoms with Gasteiger partial charge in [-0.2, -0.15) is 0 Å². The summed E-state index contributed by atoms with van der Waals surface area (Å²) in [6, 6.07) is 0. The van der Waals surface area contributed by atoms with E-state index in [1.165, 1.54) is 19.0 Å². The van der Waals surface area contributed by atoms with E-state index in [4.69, 9.17) is 4.79 Å². The van der Waals surface area contributed by atoms with Gasteiger partial charge in [-0.1, -0.05) is 0 Å². The van der Waals surface area contributed by atoms with Crippen LogP contribution >= 0.6 is 0 Å². The average Bonchev–Trinajstić information content (AvgIpc) is 1.96. The third-order valence-electron chi connectivity index (χ3n) is 0.400. The molecule has 0 aromatic carbocycles. The van der Waals surface area contributed by atoms with Crippen LogP contribution in [0, 0.1) is 0 Å². The Labute approximate surface area is 46.6 Å². The third-order valence-corrected chi connectivity index (χ3v) is 0.400. The highest BCUT2D eigenvalue weighted by Gasteiger charge is 1.59. The number of aromatic nitrogens is 3. The lowest BCUT2D eigenvalue weighted by atomic mass is 11.1. The molecule has 0 radical (unpaired) electrons. The van der Waals surface area contributed by atoms with Crippen molar-refractivity contribution in [1.29, 1.82) is 0 Å². The molecule has 0 saturated carbocycles. The Morgan fingerprint density at radius 1 is 0.875 bits per heavy atom. The minimum atomic E-state index is 1.44. The zero-order chi connectivity index (χ0) is 6.24. The van der Waals surface area contributed by atoms with Crippen LogP contribution in [0.1, 0.15) is 0 Å². The lowest BCUT2D eigenvalue weighted by molar-refractivity contribution is -0.0979. The van der Waals surface area contributed by atoms with Gasteiger partial charge >= 0.3 is 0 Å². The van der Waals surface area contributed by atoms with Crippen molar-refractivity contribution in [3.05, 3.63) is 19.0 Å². The van der Waals surface area contributed by atoms with Crippen LogP contribution in [0.25, 0.3) is 0 Å². The topological polar surface area (TPSA) is 55.7 Å². The van der Waals surface area contributed by atoms with Crippen LogP contribution in [0.2, 0.25) is 0 Å². The van der Waals surface area contributed by atoms with Crippen molar-refractivity contribution in [3.8, 4) is 0 Å². The first kappa shape index (κ1) is 6.68. The quantitative estimate of drug-likeness (QED) is 0.460. The van der Waals surface area contributed by atoms with E-state index in [0.29, 0.717) is 0 Å². The fourth-order valence-corrected chi connectivity index (χ4v) is 0.205. The van der Waals surface area contributed by atoms with Crippen LogP contribution in [0.3, 0.4) is 0 Å². The molecule has 0 N–H and O–H groups in total. The molecule has 1 rings (SSSR count). The van der Waals surface area contributed by atoms with E-state index >= 15 is 0 Å². The second-order valence-electron chi connectivity index (χ2n) is 0.794. The smallest absolute Gasteiger partial charge is 0.119 e. The second kappa shape index (κ2) is 5.68. The summed E-state index contributed by atoms with van der Waals surface area (Å²) in [5.41, 5.74) is 0. The molecule has 1 aromatic heterocycles. The van der Waals surface area contributed by atoms with E-state index in [9.17, 15) is 0 Å². The highest BCUT2D eigenvalue weighted by atomic mass is 16.1. The molecule has 1 aromatic rings. The molecular formula is C4H5N3O. The van der Waals surface area contributed by atoms with E-state index in [1.807, 2.05) is 6.79 Å². The van der Waals surface area contributed by atoms with Gasteiger partial charge in [-0.05, 0) is 0 Å². The highest BCUT2D eigenvalue weighted by molar-refractivity contribution is 5.10. The van der Waals surface area contributed by atoms with Gasteiger partial charge in [-0.25, -0.2) is 15.0 Å². The van der Waals surface area contributed by atoms with E-state index in [2.05, 4.69) is 15.0 Å². The van der Waals surface area contributed by atoms with E-state index in [1.54, 1.807) is 0 Å². The van der Waals surface area contributed by atoms with E-state index < -0.39 is 0 Å². The molecule has 42 valence electrons. The van der Waals surface area contributed by atoms with Crippen molar-refractivity contribution in [1.82, 2.24) is 15.0 Å². The molecule has 0 aliphatic heterocycles. The van der Waals surface area contributed by atoms with E-state index in [-0.39, 0.29) is 0 Å². The van der Waals surface area contributed by atoms with Crippen molar-refractivity contribution in [2.45, 2.75) is 0 Å². The average molecular weight is 111 g/mol. The Hall–Kier alpha value is -1.32. The molecule has 0 spiro atoms. The highest BCUT2D eigenvalue weighted by Crippen LogP contribution is 1.57. The lowest BCUT2D eigenvalue weighted by Gasteiger charge is -1.69. The van der Waals surface area contributed by atoms with Gasteiger partial charge in [0.2, 0.25) is 0 Å². The van der Waals surface area contributed by atoms with Gasteiger partial charge in [0.1, 0.15) is 25.8 Å². The first-order valence-corrected chi connectivity index (χ1v) is 1.84. The summed E-state index contributed by atoms with van der Waals surface area (Å²) in [7, 11) is 0. The minimum Gasteiger partial charge on any atom is -0.307 e. The zero-order valence-electron chi connectivity index (χ0n) is 4.19. The number of carbonyl (C=O) groups is 1. The number of rotatable bonds is 0. The van der Waals surface area contributed by atoms with Gasteiger partial charge in [-0.3, -0.25) is 0 Å². The fourth-order valence-electron chi connectivity index (χ4n) is 0.205. The maximum atomic E-state index is 8.00. The summed E-state index contributed by atoms with van der Waals surface area (Å²) < 4.78 is 0. The Bertz CT molecular complexity index is 94.1. The summed E-state index contributed by atoms with van der Waals surface area (Å²) >= 11 is 0. The van der Waals surface area contributed by atoms with Crippen LogP contribution < -0.4 is 0 Å². The van der Waals surface area contributed by atoms with Crippen LogP contribution in [-0.2, 0) is 4.79 Å². The van der Waals surface area contributed by atoms with Crippen molar-refractivity contribution in [3.63, 3.8) is 0 Å². The summed E-state index contributed by atoms with van der Waals surface area (Å²) in [6.45, 7) is 2.00. The number of hydrogen-bond acceptors (Lipinski definition) is 4. The SMILES string of the molecule is C=O.c1ncncn1. The van der Waals surface area contributed by atoms with Crippen molar-refractivity contribution >= 4 is 6.79 Å². The molecule has 0 bridgehead atoms. The van der Waals surface area contributed by atoms with Crippen LogP contribution in [0.4, 0.5) is 0 Å². The first-order valence-electron chi connectivity index (χ1n) is 1.84. The molecular weight excluding hydrogens is 106 g/mol. The molecule has 1 heterocycles. The van der Waals surface area contributed by atoms with Crippen LogP contribution in [0.5, 0.6) is 0 Å². The minimum absolute atomic E-state index is 1.44. The van der Waals surface area contributed by atoms with Gasteiger partial charge < -0.3 is 4.79 Å². The predicted octanol–water partition coefficient (Wildman–Crippen LogP) is -0.313. The largest absolute Gasteiger partial charge is 0.307 e. The zero-order valence-corrected chi connectivity index (χ0v) is 4.19. The van der Waals surface area contributed by atoms with E-state index in [0.717, 1.165) is 0 Å². The molecule has 0 amide bonds. The number of carbonyl (C=O) groups excluding carboxylic acids is 1. The van der Waals surface area contributed by atoms with Gasteiger partial charge in [0.25, 0.3) is 0 Å². The first-order chi connectivity index (χ1) is 4.00. The predicted molar refractivity (Wildman–Crippen MR) is 26.9 cm³/mol. The van der Waals surface area contributed by atoms with Crippen molar-refractivity contribution < 1.29 is 4.79 Å². The third kappa shape index (κ3) is 2.89. The molecule has 4 heteroatoms. The Morgan fingerprint density at radius 2 is 1.12 bits per heavy atom. The fraction of sp³-hybridized carbons (Fsp3) is 0. The van der Waals surface area contributed by atoms with Gasteiger partial charge in [0.15, 0.2) is 0 Å². The van der Waals surface area contributed by atoms with Crippen molar-refractivity contribution in [2.24, 2.45) is 0 Å². The monoisotopic (exact) mass is 111 g/mol. The maximum absolute atomic E-state index is 8.00. The molecule has 0 aliphatic carbocycles. The normalized spacial score (nSPS) is 6.50. The second-order valence-corrected chi connectivity index (χ2v) is 0.794. The molecule has 0 fully saturated rings. The molecule has 8 heavy (non-hydrogen) atoms. The molecule has 0 unspecified atom stereocenters. The van der Waals surface area contributed by atoms with Gasteiger partial charge in [-0.15, -0.1) is 0 Å². The Balaban J connectivity index is 0.000000222. The Morgan fingerprint density at radius 3 is 1.25 bits per heavy atom. The summed E-state index contributed by atoms with van der Waals surface area (Å²) in [4.78, 5) is 18.7. The van der Waals surface area contributed by atoms with Crippen LogP contribution in [-0.4, -0.2) is 21.7 Å². The molecule has 0 atom stereocenters. The maximum Gasteiger partial charge on any atom is 0.119 e. The number of hydrogen-bond donors (Lipinski definition) is 0. The molecule has 0 aliphatic rings. The standard InChI is InChI=1S/C3H3N3.CH2O/c1-4-2-6-3-5-1;1-2/h1-3H;1H2. The summed E-state index contributed by atoms with van der Waals surface area (Å²) in [5.74, 6) is 0. The number of nitrogens with zero attached hydrogens (tertiary/aromatic N) is 3. The van der Waals surface area contributed by atoms with Gasteiger partial charge in [0, 0.05) is 0 Å². The summed E-state index contributed by atoms with van der Waals surface area (Å²) in [5, 5.41) is 0. The molecule has 0 saturated heterocycles. The molecule has 4 nitrogen and oxygen atoms in total. The van der Waals surface area contributed by atoms with Gasteiger partial charge in [0.05, 0.1) is 0 Å². The Kier molecular flexibility index (Phi) is 4.74.